The lowest BCUT2D eigenvalue weighted by Crippen LogP contribution is -2.06. The van der Waals surface area contributed by atoms with E-state index in [2.05, 4.69) is 19.9 Å². The Kier molecular flexibility index (Phi) is 2.60. The summed E-state index contributed by atoms with van der Waals surface area (Å²) in [5.41, 5.74) is 6.27. The number of H-pyrrole nitrogens is 1. The third-order valence-electron chi connectivity index (χ3n) is 2.80. The molecule has 3 aromatic rings. The Balaban J connectivity index is 2.10. The Morgan fingerprint density at radius 2 is 2.00 bits per heavy atom. The number of nitrogens with two attached hydrogens (primary N) is 1. The minimum Gasteiger partial charge on any atom is -0.398 e. The third-order valence-corrected chi connectivity index (χ3v) is 2.80. The van der Waals surface area contributed by atoms with Crippen molar-refractivity contribution in [2.24, 2.45) is 0 Å². The van der Waals surface area contributed by atoms with Gasteiger partial charge >= 0.3 is 6.18 Å². The van der Waals surface area contributed by atoms with Gasteiger partial charge in [-0.1, -0.05) is 0 Å². The smallest absolute Gasteiger partial charge is 0.398 e. The molecule has 3 rings (SSSR count). The van der Waals surface area contributed by atoms with Gasteiger partial charge in [-0.05, 0) is 18.2 Å². The number of rotatable bonds is 1. The van der Waals surface area contributed by atoms with Crippen molar-refractivity contribution >= 4 is 16.9 Å². The van der Waals surface area contributed by atoms with Crippen molar-refractivity contribution in [2.75, 3.05) is 5.73 Å². The maximum absolute atomic E-state index is 12.6. The summed E-state index contributed by atoms with van der Waals surface area (Å²) in [4.78, 5) is 14.8. The monoisotopic (exact) mass is 279 g/mol. The number of hydrogen-bond acceptors (Lipinski definition) is 4. The first kappa shape index (κ1) is 12.4. The molecule has 2 heterocycles. The molecule has 0 saturated heterocycles. The zero-order chi connectivity index (χ0) is 14.3. The normalized spacial score (nSPS) is 11.9. The van der Waals surface area contributed by atoms with Crippen LogP contribution in [0, 0.1) is 0 Å². The summed E-state index contributed by atoms with van der Waals surface area (Å²) < 4.78 is 37.7. The van der Waals surface area contributed by atoms with Crippen molar-refractivity contribution in [2.45, 2.75) is 6.18 Å². The van der Waals surface area contributed by atoms with Crippen LogP contribution in [0.5, 0.6) is 0 Å². The van der Waals surface area contributed by atoms with Gasteiger partial charge in [-0.2, -0.15) is 13.2 Å². The van der Waals surface area contributed by atoms with E-state index < -0.39 is 11.7 Å². The molecule has 0 saturated carbocycles. The number of nitrogens with one attached hydrogen (secondary N) is 1. The van der Waals surface area contributed by atoms with E-state index in [9.17, 15) is 13.2 Å². The van der Waals surface area contributed by atoms with Crippen LogP contribution in [0.4, 0.5) is 18.9 Å². The van der Waals surface area contributed by atoms with Crippen molar-refractivity contribution in [1.29, 1.82) is 0 Å². The average molecular weight is 279 g/mol. The first-order valence-corrected chi connectivity index (χ1v) is 5.58. The molecule has 5 nitrogen and oxygen atoms in total. The van der Waals surface area contributed by atoms with E-state index >= 15 is 0 Å². The van der Waals surface area contributed by atoms with Crippen molar-refractivity contribution in [3.8, 4) is 11.4 Å². The van der Waals surface area contributed by atoms with Gasteiger partial charge in [-0.3, -0.25) is 0 Å². The molecule has 0 amide bonds. The lowest BCUT2D eigenvalue weighted by molar-refractivity contribution is -0.137. The fourth-order valence-corrected chi connectivity index (χ4v) is 1.84. The zero-order valence-electron chi connectivity index (χ0n) is 9.94. The largest absolute Gasteiger partial charge is 0.416 e. The maximum atomic E-state index is 12.6. The zero-order valence-corrected chi connectivity index (χ0v) is 9.94. The average Bonchev–Trinajstić information content (AvgIpc) is 2.80. The van der Waals surface area contributed by atoms with Crippen molar-refractivity contribution in [3.05, 3.63) is 36.3 Å². The van der Waals surface area contributed by atoms with Crippen molar-refractivity contribution in [1.82, 2.24) is 19.9 Å². The molecule has 0 spiro atoms. The molecule has 0 aliphatic rings. The molecule has 1 aromatic carbocycles. The summed E-state index contributed by atoms with van der Waals surface area (Å²) in [5.74, 6) is 0.353. The predicted molar refractivity (Wildman–Crippen MR) is 66.5 cm³/mol. The summed E-state index contributed by atoms with van der Waals surface area (Å²) in [6.07, 6.45) is -1.56. The Labute approximate surface area is 110 Å². The maximum Gasteiger partial charge on any atom is 0.416 e. The second-order valence-electron chi connectivity index (χ2n) is 4.15. The number of halogens is 3. The van der Waals surface area contributed by atoms with Gasteiger partial charge in [0.15, 0.2) is 5.65 Å². The topological polar surface area (TPSA) is 80.5 Å². The van der Waals surface area contributed by atoms with Gasteiger partial charge < -0.3 is 10.7 Å². The molecule has 102 valence electrons. The van der Waals surface area contributed by atoms with E-state index in [4.69, 9.17) is 5.73 Å². The molecular formula is C12H8F3N5. The van der Waals surface area contributed by atoms with E-state index in [0.29, 0.717) is 22.6 Å². The minimum atomic E-state index is -4.42. The van der Waals surface area contributed by atoms with E-state index in [1.807, 2.05) is 0 Å². The molecule has 0 unspecified atom stereocenters. The Morgan fingerprint density at radius 3 is 2.65 bits per heavy atom. The van der Waals surface area contributed by atoms with Crippen LogP contribution in [0.1, 0.15) is 5.56 Å². The quantitative estimate of drug-likeness (QED) is 0.671. The second-order valence-corrected chi connectivity index (χ2v) is 4.15. The molecule has 0 bridgehead atoms. The molecule has 8 heteroatoms. The molecule has 0 atom stereocenters. The SMILES string of the molecule is Nc1cc(C(F)(F)F)ccc1-c1nc2ncncc2[nH]1. The number of aromatic nitrogens is 4. The summed E-state index contributed by atoms with van der Waals surface area (Å²) in [6, 6.07) is 3.13. The van der Waals surface area contributed by atoms with Crippen LogP contribution < -0.4 is 5.73 Å². The van der Waals surface area contributed by atoms with Gasteiger partial charge in [0.25, 0.3) is 0 Å². The van der Waals surface area contributed by atoms with Gasteiger partial charge in [0, 0.05) is 11.3 Å². The van der Waals surface area contributed by atoms with Gasteiger partial charge in [-0.25, -0.2) is 15.0 Å². The molecular weight excluding hydrogens is 271 g/mol. The van der Waals surface area contributed by atoms with Crippen LogP contribution in [0.2, 0.25) is 0 Å². The third kappa shape index (κ3) is 2.04. The van der Waals surface area contributed by atoms with E-state index in [1.54, 1.807) is 0 Å². The van der Waals surface area contributed by atoms with Crippen LogP contribution in [0.3, 0.4) is 0 Å². The number of aromatic amines is 1. The number of fused-ring (bicyclic) bond motifs is 1. The molecule has 2 aromatic heterocycles. The van der Waals surface area contributed by atoms with E-state index in [-0.39, 0.29) is 5.69 Å². The highest BCUT2D eigenvalue weighted by molar-refractivity contribution is 5.79. The summed E-state index contributed by atoms with van der Waals surface area (Å²) in [6.45, 7) is 0. The highest BCUT2D eigenvalue weighted by Gasteiger charge is 2.31. The van der Waals surface area contributed by atoms with Gasteiger partial charge in [0.1, 0.15) is 17.7 Å². The van der Waals surface area contributed by atoms with Crippen LogP contribution in [0.15, 0.2) is 30.7 Å². The fourth-order valence-electron chi connectivity index (χ4n) is 1.84. The first-order chi connectivity index (χ1) is 9.45. The minimum absolute atomic E-state index is 0.00756. The van der Waals surface area contributed by atoms with Gasteiger partial charge in [0.05, 0.1) is 11.8 Å². The Hall–Kier alpha value is -2.64. The lowest BCUT2D eigenvalue weighted by atomic mass is 10.1. The molecule has 0 fully saturated rings. The molecule has 0 aliphatic heterocycles. The summed E-state index contributed by atoms with van der Waals surface area (Å²) in [7, 11) is 0. The number of nitrogen functional groups attached to an aromatic ring is 1. The Bertz CT molecular complexity index is 745. The molecule has 20 heavy (non-hydrogen) atoms. The standard InChI is InChI=1S/C12H8F3N5/c13-12(14,15)6-1-2-7(8(16)3-6)10-19-9-4-17-5-18-11(9)20-10/h1-5H,16H2,(H,17,18,19,20). The number of benzene rings is 1. The van der Waals surface area contributed by atoms with E-state index in [1.165, 1.54) is 18.6 Å². The van der Waals surface area contributed by atoms with Gasteiger partial charge in [-0.15, -0.1) is 0 Å². The number of anilines is 1. The van der Waals surface area contributed by atoms with Crippen molar-refractivity contribution < 1.29 is 13.2 Å². The number of hydrogen-bond donors (Lipinski definition) is 2. The summed E-state index contributed by atoms with van der Waals surface area (Å²) in [5, 5.41) is 0. The predicted octanol–water partition coefficient (Wildman–Crippen LogP) is 2.62. The van der Waals surface area contributed by atoms with Crippen LogP contribution in [0.25, 0.3) is 22.6 Å². The van der Waals surface area contributed by atoms with E-state index in [0.717, 1.165) is 12.1 Å². The number of imidazole rings is 1. The lowest BCUT2D eigenvalue weighted by Gasteiger charge is -2.09. The van der Waals surface area contributed by atoms with Crippen LogP contribution in [-0.2, 0) is 6.18 Å². The number of nitrogens with zero attached hydrogens (tertiary/aromatic N) is 3. The fraction of sp³-hybridized carbons (Fsp3) is 0.0833. The molecule has 3 N–H and O–H groups in total. The second kappa shape index (κ2) is 4.19. The van der Waals surface area contributed by atoms with Gasteiger partial charge in [0.2, 0.25) is 0 Å². The summed E-state index contributed by atoms with van der Waals surface area (Å²) >= 11 is 0. The number of alkyl halides is 3. The molecule has 0 radical (unpaired) electrons. The highest BCUT2D eigenvalue weighted by Crippen LogP contribution is 2.34. The van der Waals surface area contributed by atoms with Crippen LogP contribution in [-0.4, -0.2) is 19.9 Å². The Morgan fingerprint density at radius 1 is 1.20 bits per heavy atom. The van der Waals surface area contributed by atoms with Crippen LogP contribution >= 0.6 is 0 Å². The highest BCUT2D eigenvalue weighted by atomic mass is 19.4. The first-order valence-electron chi connectivity index (χ1n) is 5.58. The van der Waals surface area contributed by atoms with Crippen molar-refractivity contribution in [3.63, 3.8) is 0 Å². The molecule has 0 aliphatic carbocycles.